The quantitative estimate of drug-likeness (QED) is 0.745. The zero-order valence-electron chi connectivity index (χ0n) is 9.32. The van der Waals surface area contributed by atoms with Crippen LogP contribution in [0.25, 0.3) is 0 Å². The Bertz CT molecular complexity index is 398. The maximum absolute atomic E-state index is 11.8. The van der Waals surface area contributed by atoms with E-state index < -0.39 is 0 Å². The van der Waals surface area contributed by atoms with Crippen LogP contribution in [-0.2, 0) is 9.53 Å². The van der Waals surface area contributed by atoms with Gasteiger partial charge in [0.1, 0.15) is 6.10 Å². The summed E-state index contributed by atoms with van der Waals surface area (Å²) < 4.78 is 5.30. The first-order valence-corrected chi connectivity index (χ1v) is 5.45. The second kappa shape index (κ2) is 4.53. The Hall–Kier alpha value is -1.55. The van der Waals surface area contributed by atoms with Crippen LogP contribution in [0.3, 0.4) is 0 Å². The van der Waals surface area contributed by atoms with Gasteiger partial charge in [-0.15, -0.1) is 0 Å². The molecule has 0 bridgehead atoms. The first-order chi connectivity index (χ1) is 7.66. The Morgan fingerprint density at radius 1 is 1.56 bits per heavy atom. The van der Waals surface area contributed by atoms with Crippen LogP contribution in [-0.4, -0.2) is 18.6 Å². The Kier molecular flexibility index (Phi) is 3.10. The van der Waals surface area contributed by atoms with Crippen molar-refractivity contribution in [2.45, 2.75) is 25.9 Å². The molecule has 3 N–H and O–H groups in total. The Balaban J connectivity index is 2.05. The molecule has 1 aromatic rings. The molecule has 16 heavy (non-hydrogen) atoms. The van der Waals surface area contributed by atoms with E-state index in [0.29, 0.717) is 18.0 Å². The lowest BCUT2D eigenvalue weighted by atomic mass is 10.2. The van der Waals surface area contributed by atoms with Gasteiger partial charge in [-0.05, 0) is 37.5 Å². The summed E-state index contributed by atoms with van der Waals surface area (Å²) in [6.07, 6.45) is 1.42. The van der Waals surface area contributed by atoms with Crippen LogP contribution in [0.2, 0.25) is 0 Å². The van der Waals surface area contributed by atoms with Gasteiger partial charge in [0.2, 0.25) is 0 Å². The highest BCUT2D eigenvalue weighted by atomic mass is 16.5. The number of benzene rings is 1. The number of carbonyl (C=O) groups is 1. The van der Waals surface area contributed by atoms with Crippen molar-refractivity contribution in [3.63, 3.8) is 0 Å². The molecule has 2 rings (SSSR count). The number of aryl methyl sites for hydroxylation is 1. The molecule has 1 atom stereocenters. The van der Waals surface area contributed by atoms with E-state index in [-0.39, 0.29) is 12.0 Å². The molecule has 0 unspecified atom stereocenters. The van der Waals surface area contributed by atoms with Crippen LogP contribution in [0.15, 0.2) is 18.2 Å². The van der Waals surface area contributed by atoms with Crippen LogP contribution < -0.4 is 11.1 Å². The van der Waals surface area contributed by atoms with Gasteiger partial charge in [0.25, 0.3) is 5.91 Å². The van der Waals surface area contributed by atoms with Crippen LogP contribution in [0.4, 0.5) is 11.4 Å². The summed E-state index contributed by atoms with van der Waals surface area (Å²) in [5.74, 6) is -0.104. The topological polar surface area (TPSA) is 64.3 Å². The minimum Gasteiger partial charge on any atom is -0.397 e. The van der Waals surface area contributed by atoms with Crippen LogP contribution >= 0.6 is 0 Å². The van der Waals surface area contributed by atoms with Crippen LogP contribution in [0.5, 0.6) is 0 Å². The fourth-order valence-electron chi connectivity index (χ4n) is 1.79. The van der Waals surface area contributed by atoms with Crippen molar-refractivity contribution in [3.8, 4) is 0 Å². The normalized spacial score (nSPS) is 19.7. The monoisotopic (exact) mass is 220 g/mol. The zero-order chi connectivity index (χ0) is 11.5. The minimum atomic E-state index is -0.319. The van der Waals surface area contributed by atoms with Gasteiger partial charge in [-0.1, -0.05) is 6.07 Å². The molecule has 0 aliphatic carbocycles. The van der Waals surface area contributed by atoms with Gasteiger partial charge in [0.05, 0.1) is 11.4 Å². The van der Waals surface area contributed by atoms with Crippen molar-refractivity contribution in [1.82, 2.24) is 0 Å². The molecular formula is C12H16N2O2. The van der Waals surface area contributed by atoms with E-state index in [2.05, 4.69) is 5.32 Å². The van der Waals surface area contributed by atoms with E-state index in [9.17, 15) is 4.79 Å². The smallest absolute Gasteiger partial charge is 0.253 e. The van der Waals surface area contributed by atoms with Gasteiger partial charge >= 0.3 is 0 Å². The second-order valence-corrected chi connectivity index (χ2v) is 4.08. The number of amides is 1. The highest BCUT2D eigenvalue weighted by Gasteiger charge is 2.23. The molecule has 1 aliphatic rings. The lowest BCUT2D eigenvalue weighted by molar-refractivity contribution is -0.124. The average molecular weight is 220 g/mol. The number of ether oxygens (including phenoxy) is 1. The maximum Gasteiger partial charge on any atom is 0.253 e. The SMILES string of the molecule is Cc1ccc(NC(=O)[C@@H]2CCCO2)c(N)c1. The molecule has 0 spiro atoms. The van der Waals surface area contributed by atoms with E-state index in [1.165, 1.54) is 0 Å². The minimum absolute atomic E-state index is 0.104. The fraction of sp³-hybridized carbons (Fsp3) is 0.417. The lowest BCUT2D eigenvalue weighted by Gasteiger charge is -2.12. The first-order valence-electron chi connectivity index (χ1n) is 5.45. The Labute approximate surface area is 94.8 Å². The highest BCUT2D eigenvalue weighted by molar-refractivity contribution is 5.96. The molecule has 1 aliphatic heterocycles. The molecule has 0 saturated carbocycles. The molecule has 1 saturated heterocycles. The molecular weight excluding hydrogens is 204 g/mol. The van der Waals surface area contributed by atoms with Crippen molar-refractivity contribution in [2.24, 2.45) is 0 Å². The number of nitrogen functional groups attached to an aromatic ring is 1. The lowest BCUT2D eigenvalue weighted by Crippen LogP contribution is -2.27. The number of nitrogens with one attached hydrogen (secondary N) is 1. The molecule has 86 valence electrons. The number of hydrogen-bond acceptors (Lipinski definition) is 3. The van der Waals surface area contributed by atoms with Crippen molar-refractivity contribution in [3.05, 3.63) is 23.8 Å². The molecule has 1 fully saturated rings. The Morgan fingerprint density at radius 2 is 2.38 bits per heavy atom. The summed E-state index contributed by atoms with van der Waals surface area (Å²) in [5.41, 5.74) is 8.14. The van der Waals surface area contributed by atoms with Gasteiger partial charge in [0, 0.05) is 6.61 Å². The van der Waals surface area contributed by atoms with Gasteiger partial charge in [-0.25, -0.2) is 0 Å². The number of anilines is 2. The van der Waals surface area contributed by atoms with Gasteiger partial charge in [-0.2, -0.15) is 0 Å². The molecule has 1 amide bonds. The summed E-state index contributed by atoms with van der Waals surface area (Å²) in [4.78, 5) is 11.8. The van der Waals surface area contributed by atoms with E-state index in [4.69, 9.17) is 10.5 Å². The number of nitrogens with two attached hydrogens (primary N) is 1. The predicted octanol–water partition coefficient (Wildman–Crippen LogP) is 1.69. The largest absolute Gasteiger partial charge is 0.397 e. The van der Waals surface area contributed by atoms with E-state index in [1.54, 1.807) is 0 Å². The summed E-state index contributed by atoms with van der Waals surface area (Å²) in [5, 5.41) is 2.79. The third kappa shape index (κ3) is 2.33. The molecule has 0 radical (unpaired) electrons. The molecule has 4 nitrogen and oxygen atoms in total. The van der Waals surface area contributed by atoms with E-state index >= 15 is 0 Å². The van der Waals surface area contributed by atoms with Gasteiger partial charge in [-0.3, -0.25) is 4.79 Å². The van der Waals surface area contributed by atoms with Crippen LogP contribution in [0, 0.1) is 6.92 Å². The number of hydrogen-bond donors (Lipinski definition) is 2. The first kappa shape index (κ1) is 11.0. The highest BCUT2D eigenvalue weighted by Crippen LogP contribution is 2.21. The second-order valence-electron chi connectivity index (χ2n) is 4.08. The van der Waals surface area contributed by atoms with Crippen molar-refractivity contribution >= 4 is 17.3 Å². The molecule has 1 aromatic carbocycles. The zero-order valence-corrected chi connectivity index (χ0v) is 9.32. The molecule has 1 heterocycles. The predicted molar refractivity (Wildman–Crippen MR) is 63.2 cm³/mol. The van der Waals surface area contributed by atoms with Crippen LogP contribution in [0.1, 0.15) is 18.4 Å². The summed E-state index contributed by atoms with van der Waals surface area (Å²) in [6.45, 7) is 2.63. The van der Waals surface area contributed by atoms with Crippen molar-refractivity contribution in [1.29, 1.82) is 0 Å². The third-order valence-corrected chi connectivity index (χ3v) is 2.69. The average Bonchev–Trinajstić information content (AvgIpc) is 2.75. The Morgan fingerprint density at radius 3 is 3.00 bits per heavy atom. The van der Waals surface area contributed by atoms with Gasteiger partial charge < -0.3 is 15.8 Å². The maximum atomic E-state index is 11.8. The number of carbonyl (C=O) groups excluding carboxylic acids is 1. The van der Waals surface area contributed by atoms with E-state index in [1.807, 2.05) is 25.1 Å². The summed E-state index contributed by atoms with van der Waals surface area (Å²) in [6, 6.07) is 5.57. The summed E-state index contributed by atoms with van der Waals surface area (Å²) in [7, 11) is 0. The standard InChI is InChI=1S/C12H16N2O2/c1-8-4-5-10(9(13)7-8)14-12(15)11-3-2-6-16-11/h4-5,7,11H,2-3,6,13H2,1H3,(H,14,15)/t11-/m0/s1. The molecule has 4 heteroatoms. The van der Waals surface area contributed by atoms with Crippen molar-refractivity contribution < 1.29 is 9.53 Å². The number of rotatable bonds is 2. The van der Waals surface area contributed by atoms with Crippen molar-refractivity contribution in [2.75, 3.05) is 17.7 Å². The fourth-order valence-corrected chi connectivity index (χ4v) is 1.79. The van der Waals surface area contributed by atoms with Gasteiger partial charge in [0.15, 0.2) is 0 Å². The third-order valence-electron chi connectivity index (χ3n) is 2.69. The van der Waals surface area contributed by atoms with E-state index in [0.717, 1.165) is 18.4 Å². The summed E-state index contributed by atoms with van der Waals surface area (Å²) >= 11 is 0. The molecule has 0 aromatic heterocycles.